The van der Waals surface area contributed by atoms with E-state index in [0.717, 1.165) is 22.6 Å². The van der Waals surface area contributed by atoms with Crippen LogP contribution in [0.15, 0.2) is 18.3 Å². The van der Waals surface area contributed by atoms with E-state index >= 15 is 0 Å². The summed E-state index contributed by atoms with van der Waals surface area (Å²) in [6.45, 7) is 3.66. The van der Waals surface area contributed by atoms with Crippen LogP contribution in [0.1, 0.15) is 17.0 Å². The number of hydrogen-bond donors (Lipinski definition) is 1. The van der Waals surface area contributed by atoms with Gasteiger partial charge < -0.3 is 9.84 Å². The number of aromatic nitrogens is 3. The molecule has 100 valence electrons. The Labute approximate surface area is 110 Å². The number of rotatable bonds is 4. The molecule has 0 aromatic carbocycles. The normalized spacial score (nSPS) is 10.5. The van der Waals surface area contributed by atoms with Gasteiger partial charge in [0.1, 0.15) is 0 Å². The topological polar surface area (TPSA) is 77.2 Å². The average molecular weight is 261 g/mol. The van der Waals surface area contributed by atoms with E-state index in [1.165, 1.54) is 0 Å². The molecular formula is C13H15N3O3. The summed E-state index contributed by atoms with van der Waals surface area (Å²) >= 11 is 0. The van der Waals surface area contributed by atoms with Crippen molar-refractivity contribution in [2.45, 2.75) is 20.3 Å². The fourth-order valence-corrected chi connectivity index (χ4v) is 1.98. The highest BCUT2D eigenvalue weighted by Gasteiger charge is 2.15. The maximum absolute atomic E-state index is 10.9. The lowest BCUT2D eigenvalue weighted by atomic mass is 10.1. The summed E-state index contributed by atoms with van der Waals surface area (Å²) in [6, 6.07) is 3.55. The first-order valence-electron chi connectivity index (χ1n) is 5.80. The highest BCUT2D eigenvalue weighted by molar-refractivity contribution is 5.71. The Morgan fingerprint density at radius 1 is 1.47 bits per heavy atom. The monoisotopic (exact) mass is 261 g/mol. The van der Waals surface area contributed by atoms with Crippen molar-refractivity contribution in [1.29, 1.82) is 0 Å². The molecule has 0 aliphatic rings. The third-order valence-electron chi connectivity index (χ3n) is 2.94. The second kappa shape index (κ2) is 5.09. The molecule has 0 amide bonds. The maximum atomic E-state index is 10.9. The molecule has 19 heavy (non-hydrogen) atoms. The number of pyridine rings is 1. The molecule has 0 radical (unpaired) electrons. The van der Waals surface area contributed by atoms with Crippen LogP contribution in [0, 0.1) is 13.8 Å². The fraction of sp³-hybridized carbons (Fsp3) is 0.308. The van der Waals surface area contributed by atoms with Gasteiger partial charge in [0, 0.05) is 23.5 Å². The van der Waals surface area contributed by atoms with Crippen molar-refractivity contribution in [2.24, 2.45) is 0 Å². The molecule has 6 heteroatoms. The van der Waals surface area contributed by atoms with Gasteiger partial charge in [0.25, 0.3) is 0 Å². The Morgan fingerprint density at radius 3 is 2.84 bits per heavy atom. The van der Waals surface area contributed by atoms with Crippen molar-refractivity contribution in [3.05, 3.63) is 35.3 Å². The van der Waals surface area contributed by atoms with E-state index in [1.54, 1.807) is 37.0 Å². The van der Waals surface area contributed by atoms with Crippen molar-refractivity contribution in [2.75, 3.05) is 7.11 Å². The molecule has 1 N–H and O–H groups in total. The minimum Gasteiger partial charge on any atom is -0.481 e. The molecule has 0 aliphatic carbocycles. The van der Waals surface area contributed by atoms with Crippen molar-refractivity contribution in [1.82, 2.24) is 14.8 Å². The molecule has 2 heterocycles. The minimum absolute atomic E-state index is 0.0279. The standard InChI is InChI=1S/C13H15N3O3/c1-8-11(7-13(17)18)9(2)16(15-8)10-4-5-14-12(6-10)19-3/h4-6H,7H2,1-3H3,(H,17,18). The second-order valence-corrected chi connectivity index (χ2v) is 4.19. The van der Waals surface area contributed by atoms with Crippen molar-refractivity contribution in [3.63, 3.8) is 0 Å². The zero-order valence-electron chi connectivity index (χ0n) is 11.0. The van der Waals surface area contributed by atoms with Crippen LogP contribution in [0.5, 0.6) is 5.88 Å². The van der Waals surface area contributed by atoms with Gasteiger partial charge in [0.15, 0.2) is 0 Å². The number of nitrogens with zero attached hydrogens (tertiary/aromatic N) is 3. The number of carbonyl (C=O) groups is 1. The lowest BCUT2D eigenvalue weighted by Gasteiger charge is -2.06. The Kier molecular flexibility index (Phi) is 3.50. The summed E-state index contributed by atoms with van der Waals surface area (Å²) in [5.74, 6) is -0.372. The lowest BCUT2D eigenvalue weighted by molar-refractivity contribution is -0.136. The van der Waals surface area contributed by atoms with Crippen LogP contribution in [0.25, 0.3) is 5.69 Å². The van der Waals surface area contributed by atoms with E-state index in [2.05, 4.69) is 10.1 Å². The number of carboxylic acids is 1. The third-order valence-corrected chi connectivity index (χ3v) is 2.94. The zero-order chi connectivity index (χ0) is 14.0. The molecule has 0 spiro atoms. The average Bonchev–Trinajstić information content (AvgIpc) is 2.66. The molecule has 0 atom stereocenters. The number of aryl methyl sites for hydroxylation is 1. The van der Waals surface area contributed by atoms with E-state index < -0.39 is 5.97 Å². The fourth-order valence-electron chi connectivity index (χ4n) is 1.98. The van der Waals surface area contributed by atoms with Crippen LogP contribution in [0.3, 0.4) is 0 Å². The van der Waals surface area contributed by atoms with Crippen LogP contribution in [-0.2, 0) is 11.2 Å². The summed E-state index contributed by atoms with van der Waals surface area (Å²) in [5, 5.41) is 13.3. The molecule has 2 rings (SSSR count). The third kappa shape index (κ3) is 2.57. The number of ether oxygens (including phenoxy) is 1. The molecule has 2 aromatic heterocycles. The van der Waals surface area contributed by atoms with E-state index in [1.807, 2.05) is 6.92 Å². The largest absolute Gasteiger partial charge is 0.481 e. The van der Waals surface area contributed by atoms with Gasteiger partial charge in [-0.05, 0) is 19.9 Å². The summed E-state index contributed by atoms with van der Waals surface area (Å²) in [5.41, 5.74) is 3.07. The van der Waals surface area contributed by atoms with Gasteiger partial charge in [-0.15, -0.1) is 0 Å². The zero-order valence-corrected chi connectivity index (χ0v) is 11.0. The van der Waals surface area contributed by atoms with Crippen molar-refractivity contribution < 1.29 is 14.6 Å². The SMILES string of the molecule is COc1cc(-n2nc(C)c(CC(=O)O)c2C)ccn1. The first-order valence-corrected chi connectivity index (χ1v) is 5.80. The van der Waals surface area contributed by atoms with Gasteiger partial charge in [0.2, 0.25) is 5.88 Å². The van der Waals surface area contributed by atoms with Gasteiger partial charge in [0.05, 0.1) is 24.9 Å². The Morgan fingerprint density at radius 2 is 2.21 bits per heavy atom. The Hall–Kier alpha value is -2.37. The van der Waals surface area contributed by atoms with Gasteiger partial charge in [-0.25, -0.2) is 9.67 Å². The highest BCUT2D eigenvalue weighted by Crippen LogP contribution is 2.20. The van der Waals surface area contributed by atoms with Crippen LogP contribution >= 0.6 is 0 Å². The lowest BCUT2D eigenvalue weighted by Crippen LogP contribution is -2.04. The van der Waals surface area contributed by atoms with Crippen LogP contribution < -0.4 is 4.74 Å². The van der Waals surface area contributed by atoms with Crippen molar-refractivity contribution in [3.8, 4) is 11.6 Å². The smallest absolute Gasteiger partial charge is 0.307 e. The van der Waals surface area contributed by atoms with Crippen LogP contribution in [0.2, 0.25) is 0 Å². The Balaban J connectivity index is 2.48. The number of carboxylic acid groups (broad SMARTS) is 1. The van der Waals surface area contributed by atoms with Gasteiger partial charge in [-0.1, -0.05) is 0 Å². The van der Waals surface area contributed by atoms with E-state index in [4.69, 9.17) is 9.84 Å². The summed E-state index contributed by atoms with van der Waals surface area (Å²) in [7, 11) is 1.54. The Bertz CT molecular complexity index is 620. The molecule has 2 aromatic rings. The predicted octanol–water partition coefficient (Wildman–Crippen LogP) is 1.52. The summed E-state index contributed by atoms with van der Waals surface area (Å²) in [4.78, 5) is 14.9. The van der Waals surface area contributed by atoms with Gasteiger partial charge in [-0.3, -0.25) is 4.79 Å². The highest BCUT2D eigenvalue weighted by atomic mass is 16.5. The predicted molar refractivity (Wildman–Crippen MR) is 68.7 cm³/mol. The van der Waals surface area contributed by atoms with Crippen LogP contribution in [-0.4, -0.2) is 33.0 Å². The second-order valence-electron chi connectivity index (χ2n) is 4.19. The molecular weight excluding hydrogens is 246 g/mol. The maximum Gasteiger partial charge on any atom is 0.307 e. The van der Waals surface area contributed by atoms with E-state index in [0.29, 0.717) is 5.88 Å². The number of hydrogen-bond acceptors (Lipinski definition) is 4. The van der Waals surface area contributed by atoms with Gasteiger partial charge in [-0.2, -0.15) is 5.10 Å². The molecule has 0 saturated heterocycles. The number of methoxy groups -OCH3 is 1. The first-order chi connectivity index (χ1) is 9.02. The molecule has 6 nitrogen and oxygen atoms in total. The molecule has 0 fully saturated rings. The summed E-state index contributed by atoms with van der Waals surface area (Å²) in [6.07, 6.45) is 1.60. The molecule has 0 bridgehead atoms. The summed E-state index contributed by atoms with van der Waals surface area (Å²) < 4.78 is 6.78. The van der Waals surface area contributed by atoms with Crippen LogP contribution in [0.4, 0.5) is 0 Å². The molecule has 0 saturated carbocycles. The van der Waals surface area contributed by atoms with E-state index in [-0.39, 0.29) is 6.42 Å². The number of aliphatic carboxylic acids is 1. The van der Waals surface area contributed by atoms with Gasteiger partial charge >= 0.3 is 5.97 Å². The minimum atomic E-state index is -0.863. The first kappa shape index (κ1) is 13.1. The molecule has 0 aliphatic heterocycles. The quantitative estimate of drug-likeness (QED) is 0.902. The van der Waals surface area contributed by atoms with Crippen molar-refractivity contribution >= 4 is 5.97 Å². The van der Waals surface area contributed by atoms with E-state index in [9.17, 15) is 4.79 Å². The molecule has 0 unspecified atom stereocenters.